The normalized spacial score (nSPS) is 11.2. The molecule has 0 unspecified atom stereocenters. The van der Waals surface area contributed by atoms with Crippen LogP contribution in [0.2, 0.25) is 5.02 Å². The SMILES string of the molecule is CCn1cnc(-c2ccc(F)c(Cl)c2)c1-c1ccc2ncc(C=O)n2c1. The first kappa shape index (κ1) is 16.5. The zero-order valence-corrected chi connectivity index (χ0v) is 14.6. The van der Waals surface area contributed by atoms with Crippen molar-refractivity contribution in [3.05, 3.63) is 65.6 Å². The van der Waals surface area contributed by atoms with Gasteiger partial charge in [0.2, 0.25) is 0 Å². The third-order valence-electron chi connectivity index (χ3n) is 4.30. The zero-order valence-electron chi connectivity index (χ0n) is 13.9. The Kier molecular flexibility index (Phi) is 4.05. The molecule has 0 radical (unpaired) electrons. The smallest absolute Gasteiger partial charge is 0.168 e. The van der Waals surface area contributed by atoms with E-state index in [2.05, 4.69) is 9.97 Å². The molecule has 7 heteroatoms. The molecule has 0 aliphatic carbocycles. The Morgan fingerprint density at radius 2 is 2.00 bits per heavy atom. The van der Waals surface area contributed by atoms with E-state index in [1.54, 1.807) is 22.9 Å². The Hall–Kier alpha value is -2.99. The fourth-order valence-electron chi connectivity index (χ4n) is 3.01. The summed E-state index contributed by atoms with van der Waals surface area (Å²) in [6.45, 7) is 2.72. The van der Waals surface area contributed by atoms with Crippen molar-refractivity contribution in [2.24, 2.45) is 0 Å². The number of aryl methyl sites for hydroxylation is 1. The Morgan fingerprint density at radius 1 is 1.19 bits per heavy atom. The molecule has 5 nitrogen and oxygen atoms in total. The fourth-order valence-corrected chi connectivity index (χ4v) is 3.19. The van der Waals surface area contributed by atoms with E-state index in [-0.39, 0.29) is 5.02 Å². The molecule has 0 aliphatic rings. The molecule has 4 aromatic rings. The number of rotatable bonds is 4. The topological polar surface area (TPSA) is 52.2 Å². The molecular formula is C19H14ClFN4O. The van der Waals surface area contributed by atoms with Gasteiger partial charge in [0, 0.05) is 23.9 Å². The Labute approximate surface area is 153 Å². The maximum absolute atomic E-state index is 13.5. The fraction of sp³-hybridized carbons (Fsp3) is 0.105. The number of carbonyl (C=O) groups excluding carboxylic acids is 1. The molecule has 4 rings (SSSR count). The van der Waals surface area contributed by atoms with Gasteiger partial charge in [0.1, 0.15) is 17.2 Å². The molecule has 0 aliphatic heterocycles. The van der Waals surface area contributed by atoms with Gasteiger partial charge in [-0.25, -0.2) is 14.4 Å². The van der Waals surface area contributed by atoms with E-state index < -0.39 is 5.82 Å². The van der Waals surface area contributed by atoms with Gasteiger partial charge in [0.15, 0.2) is 6.29 Å². The van der Waals surface area contributed by atoms with Gasteiger partial charge in [-0.1, -0.05) is 11.6 Å². The van der Waals surface area contributed by atoms with Crippen molar-refractivity contribution in [3.63, 3.8) is 0 Å². The predicted molar refractivity (Wildman–Crippen MR) is 97.9 cm³/mol. The number of hydrogen-bond acceptors (Lipinski definition) is 3. The van der Waals surface area contributed by atoms with E-state index in [9.17, 15) is 9.18 Å². The Morgan fingerprint density at radius 3 is 2.73 bits per heavy atom. The van der Waals surface area contributed by atoms with E-state index >= 15 is 0 Å². The van der Waals surface area contributed by atoms with Gasteiger partial charge in [0.05, 0.1) is 28.9 Å². The molecule has 1 aromatic carbocycles. The van der Waals surface area contributed by atoms with Crippen LogP contribution in [-0.2, 0) is 6.54 Å². The van der Waals surface area contributed by atoms with Gasteiger partial charge in [-0.2, -0.15) is 0 Å². The maximum Gasteiger partial charge on any atom is 0.168 e. The summed E-state index contributed by atoms with van der Waals surface area (Å²) in [5, 5.41) is 0.0489. The summed E-state index contributed by atoms with van der Waals surface area (Å²) in [5.41, 5.74) is 4.30. The molecule has 3 heterocycles. The number of imidazole rings is 2. The van der Waals surface area contributed by atoms with Gasteiger partial charge in [-0.05, 0) is 37.3 Å². The van der Waals surface area contributed by atoms with E-state index in [1.165, 1.54) is 12.3 Å². The molecule has 0 spiro atoms. The van der Waals surface area contributed by atoms with Crippen LogP contribution in [0.1, 0.15) is 17.4 Å². The predicted octanol–water partition coefficient (Wildman–Crippen LogP) is 4.49. The summed E-state index contributed by atoms with van der Waals surface area (Å²) in [6.07, 6.45) is 5.88. The van der Waals surface area contributed by atoms with Crippen LogP contribution in [0.5, 0.6) is 0 Å². The summed E-state index contributed by atoms with van der Waals surface area (Å²) in [7, 11) is 0. The van der Waals surface area contributed by atoms with Crippen LogP contribution in [-0.4, -0.2) is 25.2 Å². The van der Waals surface area contributed by atoms with Crippen molar-refractivity contribution in [2.75, 3.05) is 0 Å². The third kappa shape index (κ3) is 2.59. The Bertz CT molecular complexity index is 1130. The molecule has 0 amide bonds. The van der Waals surface area contributed by atoms with E-state index in [0.717, 1.165) is 23.1 Å². The van der Waals surface area contributed by atoms with Crippen molar-refractivity contribution in [1.82, 2.24) is 18.9 Å². The van der Waals surface area contributed by atoms with Gasteiger partial charge in [0.25, 0.3) is 0 Å². The number of halogens is 2. The maximum atomic E-state index is 13.5. The number of nitrogens with zero attached hydrogens (tertiary/aromatic N) is 4. The third-order valence-corrected chi connectivity index (χ3v) is 4.59. The Balaban J connectivity index is 1.94. The highest BCUT2D eigenvalue weighted by Gasteiger charge is 2.16. The second-order valence-electron chi connectivity index (χ2n) is 5.80. The van der Waals surface area contributed by atoms with Crippen LogP contribution in [0.4, 0.5) is 4.39 Å². The van der Waals surface area contributed by atoms with Gasteiger partial charge in [-0.15, -0.1) is 0 Å². The number of aldehydes is 1. The molecule has 130 valence electrons. The van der Waals surface area contributed by atoms with Crippen molar-refractivity contribution in [1.29, 1.82) is 0 Å². The summed E-state index contributed by atoms with van der Waals surface area (Å²) in [6, 6.07) is 8.32. The summed E-state index contributed by atoms with van der Waals surface area (Å²) < 4.78 is 17.3. The number of pyridine rings is 1. The molecular weight excluding hydrogens is 355 g/mol. The van der Waals surface area contributed by atoms with E-state index in [4.69, 9.17) is 11.6 Å². The zero-order chi connectivity index (χ0) is 18.3. The van der Waals surface area contributed by atoms with Crippen LogP contribution in [0.25, 0.3) is 28.2 Å². The second-order valence-corrected chi connectivity index (χ2v) is 6.21. The molecule has 0 bridgehead atoms. The van der Waals surface area contributed by atoms with Gasteiger partial charge < -0.3 is 4.57 Å². The van der Waals surface area contributed by atoms with E-state index in [0.29, 0.717) is 23.6 Å². The first-order valence-corrected chi connectivity index (χ1v) is 8.43. The standard InChI is InChI=1S/C19H14ClFN4O/c1-2-24-11-23-18(12-3-5-16(21)15(20)7-12)19(24)13-4-6-17-22-8-14(10-26)25(17)9-13/h3-11H,2H2,1H3. The molecule has 0 atom stereocenters. The highest BCUT2D eigenvalue weighted by molar-refractivity contribution is 6.31. The van der Waals surface area contributed by atoms with Crippen molar-refractivity contribution < 1.29 is 9.18 Å². The average Bonchev–Trinajstić information content (AvgIpc) is 3.26. The minimum atomic E-state index is -0.470. The lowest BCUT2D eigenvalue weighted by atomic mass is 10.1. The van der Waals surface area contributed by atoms with Gasteiger partial charge in [-0.3, -0.25) is 9.20 Å². The van der Waals surface area contributed by atoms with Crippen molar-refractivity contribution in [2.45, 2.75) is 13.5 Å². The summed E-state index contributed by atoms with van der Waals surface area (Å²) >= 11 is 5.94. The molecule has 26 heavy (non-hydrogen) atoms. The number of hydrogen-bond donors (Lipinski definition) is 0. The van der Waals surface area contributed by atoms with Crippen LogP contribution in [0.3, 0.4) is 0 Å². The molecule has 3 aromatic heterocycles. The number of fused-ring (bicyclic) bond motifs is 1. The lowest BCUT2D eigenvalue weighted by molar-refractivity contribution is 0.111. The quantitative estimate of drug-likeness (QED) is 0.499. The molecule has 0 saturated heterocycles. The largest absolute Gasteiger partial charge is 0.330 e. The highest BCUT2D eigenvalue weighted by atomic mass is 35.5. The minimum absolute atomic E-state index is 0.0489. The number of carbonyl (C=O) groups is 1. The summed E-state index contributed by atoms with van der Waals surface area (Å²) in [4.78, 5) is 19.9. The monoisotopic (exact) mass is 368 g/mol. The first-order chi connectivity index (χ1) is 12.6. The average molecular weight is 369 g/mol. The summed E-state index contributed by atoms with van der Waals surface area (Å²) in [5.74, 6) is -0.470. The lowest BCUT2D eigenvalue weighted by Gasteiger charge is -2.10. The second kappa shape index (κ2) is 6.38. The highest BCUT2D eigenvalue weighted by Crippen LogP contribution is 2.33. The van der Waals surface area contributed by atoms with Crippen LogP contribution in [0.15, 0.2) is 49.1 Å². The van der Waals surface area contributed by atoms with Gasteiger partial charge >= 0.3 is 0 Å². The van der Waals surface area contributed by atoms with E-state index in [1.807, 2.05) is 29.8 Å². The number of benzene rings is 1. The molecule has 0 N–H and O–H groups in total. The van der Waals surface area contributed by atoms with Crippen molar-refractivity contribution >= 4 is 23.5 Å². The lowest BCUT2D eigenvalue weighted by Crippen LogP contribution is -1.98. The molecule has 0 saturated carbocycles. The minimum Gasteiger partial charge on any atom is -0.330 e. The van der Waals surface area contributed by atoms with Crippen LogP contribution in [0, 0.1) is 5.82 Å². The number of aromatic nitrogens is 4. The van der Waals surface area contributed by atoms with Crippen LogP contribution < -0.4 is 0 Å². The van der Waals surface area contributed by atoms with Crippen molar-refractivity contribution in [3.8, 4) is 22.5 Å². The molecule has 0 fully saturated rings. The first-order valence-electron chi connectivity index (χ1n) is 8.05. The van der Waals surface area contributed by atoms with Crippen LogP contribution >= 0.6 is 11.6 Å².